The van der Waals surface area contributed by atoms with Gasteiger partial charge in [-0.25, -0.2) is 9.97 Å². The van der Waals surface area contributed by atoms with E-state index < -0.39 is 5.91 Å². The van der Waals surface area contributed by atoms with Crippen LogP contribution in [0.25, 0.3) is 34.6 Å². The molecule has 0 radical (unpaired) electrons. The van der Waals surface area contributed by atoms with Crippen molar-refractivity contribution in [2.75, 3.05) is 28.2 Å². The van der Waals surface area contributed by atoms with Crippen LogP contribution in [0.5, 0.6) is 0 Å². The van der Waals surface area contributed by atoms with E-state index in [9.17, 15) is 19.6 Å². The molecule has 0 aliphatic carbocycles. The Morgan fingerprint density at radius 1 is 0.706 bits per heavy atom. The zero-order valence-corrected chi connectivity index (χ0v) is 29.1. The lowest BCUT2D eigenvalue weighted by atomic mass is 10.0. The first kappa shape index (κ1) is 35.4. The van der Waals surface area contributed by atoms with E-state index in [0.29, 0.717) is 50.6 Å². The van der Waals surface area contributed by atoms with Crippen LogP contribution in [0.3, 0.4) is 0 Å². The summed E-state index contributed by atoms with van der Waals surface area (Å²) < 4.78 is 3.26. The summed E-state index contributed by atoms with van der Waals surface area (Å²) in [5.74, 6) is -0.894. The van der Waals surface area contributed by atoms with Crippen LogP contribution >= 0.6 is 0 Å². The smallest absolute Gasteiger partial charge is 0.267 e. The van der Waals surface area contributed by atoms with Crippen LogP contribution in [0, 0.1) is 25.2 Å². The number of aryl methyl sites for hydroxylation is 2. The molecule has 3 amide bonds. The molecule has 0 saturated carbocycles. The standard InChI is InChI=1S/C19H19N5O2.C19H17N5O/c1-12-5-4-6-14(22-12)9-15(19(26)23(2)3)13-7-8-17-21-10-16(18(20)25)24(17)11-13;1-13-5-4-6-15(22-13)9-17(19(25)23(2)3)14-7-8-18-21-11-16(10-20)24(18)12-14/h4-11H,1-3H3,(H2,20,25);4-9,11-12H,1-3H3/b15-9+;17-9+. The maximum absolute atomic E-state index is 12.7. The van der Waals surface area contributed by atoms with Crippen LogP contribution in [0.1, 0.15) is 50.1 Å². The third-order valence-corrected chi connectivity index (χ3v) is 7.68. The molecular formula is C38H36N10O3. The van der Waals surface area contributed by atoms with E-state index in [1.54, 1.807) is 79.7 Å². The maximum atomic E-state index is 12.7. The average molecular weight is 681 g/mol. The number of nitrogens with two attached hydrogens (primary N) is 1. The average Bonchev–Trinajstić information content (AvgIpc) is 3.73. The number of hydrogen-bond donors (Lipinski definition) is 1. The summed E-state index contributed by atoms with van der Waals surface area (Å²) in [5.41, 5.74) is 12.7. The number of nitriles is 1. The molecule has 0 unspecified atom stereocenters. The second-order valence-electron chi connectivity index (χ2n) is 12.0. The first-order valence-electron chi connectivity index (χ1n) is 15.7. The molecule has 0 spiro atoms. The Morgan fingerprint density at radius 2 is 1.18 bits per heavy atom. The summed E-state index contributed by atoms with van der Waals surface area (Å²) in [7, 11) is 6.78. The quantitative estimate of drug-likeness (QED) is 0.244. The van der Waals surface area contributed by atoms with Gasteiger partial charge < -0.3 is 15.5 Å². The number of fused-ring (bicyclic) bond motifs is 2. The van der Waals surface area contributed by atoms with Crippen molar-refractivity contribution in [1.82, 2.24) is 38.5 Å². The van der Waals surface area contributed by atoms with Gasteiger partial charge in [-0.15, -0.1) is 0 Å². The van der Waals surface area contributed by atoms with E-state index in [-0.39, 0.29) is 17.5 Å². The molecule has 0 fully saturated rings. The van der Waals surface area contributed by atoms with E-state index in [2.05, 4.69) is 26.0 Å². The van der Waals surface area contributed by atoms with Crippen molar-refractivity contribution in [1.29, 1.82) is 5.26 Å². The largest absolute Gasteiger partial charge is 0.364 e. The van der Waals surface area contributed by atoms with Crippen LogP contribution in [0.4, 0.5) is 0 Å². The molecule has 0 bridgehead atoms. The minimum absolute atomic E-state index is 0.138. The summed E-state index contributed by atoms with van der Waals surface area (Å²) in [6, 6.07) is 20.5. The number of imidazole rings is 2. The van der Waals surface area contributed by atoms with Gasteiger partial charge >= 0.3 is 0 Å². The van der Waals surface area contributed by atoms with Crippen molar-refractivity contribution in [2.45, 2.75) is 13.8 Å². The Hall–Kier alpha value is -6.94. The number of aromatic nitrogens is 6. The molecule has 6 aromatic heterocycles. The molecule has 256 valence electrons. The Bertz CT molecular complexity index is 2390. The fourth-order valence-electron chi connectivity index (χ4n) is 5.15. The van der Waals surface area contributed by atoms with E-state index in [1.807, 2.05) is 56.3 Å². The lowest BCUT2D eigenvalue weighted by Crippen LogP contribution is -2.23. The van der Waals surface area contributed by atoms with Crippen LogP contribution in [-0.2, 0) is 9.59 Å². The van der Waals surface area contributed by atoms with E-state index >= 15 is 0 Å². The van der Waals surface area contributed by atoms with Crippen LogP contribution in [-0.4, -0.2) is 84.4 Å². The van der Waals surface area contributed by atoms with E-state index in [4.69, 9.17) is 5.73 Å². The van der Waals surface area contributed by atoms with Crippen molar-refractivity contribution >= 4 is 52.3 Å². The Labute approximate surface area is 294 Å². The van der Waals surface area contributed by atoms with Crippen molar-refractivity contribution in [3.8, 4) is 6.07 Å². The van der Waals surface area contributed by atoms with Gasteiger partial charge in [0.15, 0.2) is 0 Å². The Balaban J connectivity index is 0.000000198. The van der Waals surface area contributed by atoms with Gasteiger partial charge in [0, 0.05) is 63.1 Å². The topological polar surface area (TPSA) is 168 Å². The molecule has 13 nitrogen and oxygen atoms in total. The number of carbonyl (C=O) groups excluding carboxylic acids is 3. The second kappa shape index (κ2) is 15.1. The molecule has 13 heteroatoms. The maximum Gasteiger partial charge on any atom is 0.267 e. The number of primary amides is 1. The van der Waals surface area contributed by atoms with Crippen molar-refractivity contribution in [2.24, 2.45) is 5.73 Å². The molecule has 0 saturated heterocycles. The zero-order valence-electron chi connectivity index (χ0n) is 29.1. The number of rotatable bonds is 7. The van der Waals surface area contributed by atoms with Crippen molar-refractivity contribution < 1.29 is 14.4 Å². The predicted molar refractivity (Wildman–Crippen MR) is 195 cm³/mol. The zero-order chi connectivity index (χ0) is 36.8. The molecule has 0 atom stereocenters. The highest BCUT2D eigenvalue weighted by Crippen LogP contribution is 2.23. The number of likely N-dealkylation sites (N-methyl/N-ethyl adjacent to an activating group) is 2. The highest BCUT2D eigenvalue weighted by atomic mass is 16.2. The number of pyridine rings is 4. The monoisotopic (exact) mass is 680 g/mol. The molecule has 6 aromatic rings. The van der Waals surface area contributed by atoms with Gasteiger partial charge in [-0.05, 0) is 74.5 Å². The predicted octanol–water partition coefficient (Wildman–Crippen LogP) is 4.30. The fraction of sp³-hybridized carbons (Fsp3) is 0.158. The molecular weight excluding hydrogens is 644 g/mol. The molecule has 6 heterocycles. The van der Waals surface area contributed by atoms with Crippen molar-refractivity contribution in [3.05, 3.63) is 131 Å². The van der Waals surface area contributed by atoms with Crippen molar-refractivity contribution in [3.63, 3.8) is 0 Å². The van der Waals surface area contributed by atoms with Gasteiger partial charge in [0.2, 0.25) is 0 Å². The first-order valence-corrected chi connectivity index (χ1v) is 15.7. The molecule has 0 aromatic carbocycles. The summed E-state index contributed by atoms with van der Waals surface area (Å²) >= 11 is 0. The molecule has 6 rings (SSSR count). The normalized spacial score (nSPS) is 11.5. The molecule has 0 aliphatic rings. The van der Waals surface area contributed by atoms with Gasteiger partial charge in [0.05, 0.1) is 34.9 Å². The minimum atomic E-state index is -0.584. The van der Waals surface area contributed by atoms with Gasteiger partial charge in [-0.1, -0.05) is 12.1 Å². The van der Waals surface area contributed by atoms with E-state index in [1.165, 1.54) is 22.2 Å². The molecule has 2 N–H and O–H groups in total. The molecule has 51 heavy (non-hydrogen) atoms. The van der Waals surface area contributed by atoms with Gasteiger partial charge in [-0.2, -0.15) is 5.26 Å². The Morgan fingerprint density at radius 3 is 1.63 bits per heavy atom. The number of carbonyl (C=O) groups is 3. The van der Waals surface area contributed by atoms with Gasteiger partial charge in [0.1, 0.15) is 28.8 Å². The van der Waals surface area contributed by atoms with Crippen LogP contribution in [0.15, 0.2) is 85.5 Å². The van der Waals surface area contributed by atoms with Crippen LogP contribution in [0.2, 0.25) is 0 Å². The molecule has 0 aliphatic heterocycles. The fourth-order valence-corrected chi connectivity index (χ4v) is 5.15. The summed E-state index contributed by atoms with van der Waals surface area (Å²) in [5, 5.41) is 9.21. The highest BCUT2D eigenvalue weighted by molar-refractivity contribution is 6.24. The highest BCUT2D eigenvalue weighted by Gasteiger charge is 2.18. The second-order valence-corrected chi connectivity index (χ2v) is 12.0. The summed E-state index contributed by atoms with van der Waals surface area (Å²) in [4.78, 5) is 57.3. The summed E-state index contributed by atoms with van der Waals surface area (Å²) in [6.07, 6.45) is 9.87. The number of amides is 3. The lowest BCUT2D eigenvalue weighted by Gasteiger charge is -2.14. The third kappa shape index (κ3) is 8.03. The van der Waals surface area contributed by atoms with Crippen LogP contribution < -0.4 is 5.73 Å². The Kier molecular flexibility index (Phi) is 10.5. The first-order chi connectivity index (χ1) is 24.4. The SMILES string of the molecule is Cc1cccc(/C=C(/C(=O)N(C)C)c2ccc3ncc(C#N)n3c2)n1.Cc1cccc(/C=C(/C(=O)N(C)C)c2ccc3ncc(C(N)=O)n3c2)n1. The third-order valence-electron chi connectivity index (χ3n) is 7.68. The lowest BCUT2D eigenvalue weighted by molar-refractivity contribution is -0.123. The van der Waals surface area contributed by atoms with Gasteiger partial charge in [0.25, 0.3) is 17.7 Å². The minimum Gasteiger partial charge on any atom is -0.364 e. The number of nitrogens with zero attached hydrogens (tertiary/aromatic N) is 9. The summed E-state index contributed by atoms with van der Waals surface area (Å²) in [6.45, 7) is 3.79. The number of hydrogen-bond acceptors (Lipinski definition) is 8. The van der Waals surface area contributed by atoms with Gasteiger partial charge in [-0.3, -0.25) is 33.2 Å². The van der Waals surface area contributed by atoms with E-state index in [0.717, 1.165) is 11.4 Å².